The van der Waals surface area contributed by atoms with Crippen LogP contribution in [0.3, 0.4) is 0 Å². The van der Waals surface area contributed by atoms with Gasteiger partial charge in [0.25, 0.3) is 5.56 Å². The van der Waals surface area contributed by atoms with Crippen molar-refractivity contribution in [3.05, 3.63) is 95.1 Å². The molecule has 5 aromatic rings. The van der Waals surface area contributed by atoms with E-state index in [-0.39, 0.29) is 34.3 Å². The first kappa shape index (κ1) is 34.7. The van der Waals surface area contributed by atoms with Gasteiger partial charge in [-0.25, -0.2) is 14.5 Å². The van der Waals surface area contributed by atoms with Crippen molar-refractivity contribution in [2.75, 3.05) is 10.6 Å². The van der Waals surface area contributed by atoms with Gasteiger partial charge >= 0.3 is 18.9 Å². The molecule has 18 heteroatoms. The second kappa shape index (κ2) is 14.0. The molecule has 4 heterocycles. The molecule has 0 aliphatic carbocycles. The number of hydrogen-bond donors (Lipinski definition) is 3. The van der Waals surface area contributed by atoms with E-state index >= 15 is 0 Å². The molecular formula is C33H27F5N8O5. The number of carboxylic acid groups (broad SMARTS) is 1. The molecule has 1 aliphatic rings. The van der Waals surface area contributed by atoms with Crippen LogP contribution in [0, 0.1) is 5.92 Å². The fraction of sp³-hybridized carbons (Fsp3) is 0.242. The van der Waals surface area contributed by atoms with Crippen molar-refractivity contribution >= 4 is 23.4 Å². The first-order valence-corrected chi connectivity index (χ1v) is 15.4. The van der Waals surface area contributed by atoms with Crippen molar-refractivity contribution < 1.29 is 41.4 Å². The van der Waals surface area contributed by atoms with E-state index in [1.54, 1.807) is 25.1 Å². The summed E-state index contributed by atoms with van der Waals surface area (Å²) < 4.78 is 72.6. The van der Waals surface area contributed by atoms with Gasteiger partial charge in [0.2, 0.25) is 5.91 Å². The second-order valence-electron chi connectivity index (χ2n) is 11.6. The van der Waals surface area contributed by atoms with Crippen LogP contribution in [0.1, 0.15) is 43.6 Å². The molecule has 0 spiro atoms. The molecule has 3 N–H and O–H groups in total. The summed E-state index contributed by atoms with van der Waals surface area (Å²) >= 11 is 0. The molecule has 0 radical (unpaired) electrons. The van der Waals surface area contributed by atoms with Crippen LogP contribution in [0.25, 0.3) is 28.1 Å². The summed E-state index contributed by atoms with van der Waals surface area (Å²) in [6, 6.07) is 11.9. The largest absolute Gasteiger partial charge is 0.465 e. The minimum absolute atomic E-state index is 0.0389. The SMILES string of the molecule is C[C@@H]1CCC[C@H](n2cnc(-c3cc(OC(F)F)ccc3-n3cc(C(F)(F)F)nn3)cc2=O)c2cc(ccn2)-c2ccc(NC(=O)O)cc2NC1=O. The predicted octanol–water partition coefficient (Wildman–Crippen LogP) is 6.61. The van der Waals surface area contributed by atoms with E-state index in [0.29, 0.717) is 48.0 Å². The number of hydrogen-bond acceptors (Lipinski definition) is 8. The second-order valence-corrected chi connectivity index (χ2v) is 11.6. The number of halogens is 5. The van der Waals surface area contributed by atoms with Crippen molar-refractivity contribution in [1.82, 2.24) is 29.5 Å². The van der Waals surface area contributed by atoms with Gasteiger partial charge in [0.1, 0.15) is 5.75 Å². The van der Waals surface area contributed by atoms with E-state index in [9.17, 15) is 41.4 Å². The van der Waals surface area contributed by atoms with E-state index in [2.05, 4.69) is 35.7 Å². The van der Waals surface area contributed by atoms with E-state index in [1.165, 1.54) is 35.3 Å². The number of alkyl halides is 5. The van der Waals surface area contributed by atoms with Gasteiger partial charge in [-0.05, 0) is 60.9 Å². The Morgan fingerprint density at radius 1 is 1.04 bits per heavy atom. The number of amides is 2. The summed E-state index contributed by atoms with van der Waals surface area (Å²) in [6.07, 6.45) is -1.47. The number of aromatic nitrogens is 6. The Bertz CT molecular complexity index is 2170. The third kappa shape index (κ3) is 7.68. The zero-order valence-corrected chi connectivity index (χ0v) is 26.4. The van der Waals surface area contributed by atoms with Crippen molar-refractivity contribution in [2.24, 2.45) is 5.92 Å². The minimum atomic E-state index is -4.81. The van der Waals surface area contributed by atoms with Gasteiger partial charge in [0, 0.05) is 35.0 Å². The summed E-state index contributed by atoms with van der Waals surface area (Å²) in [5.74, 6) is -1.09. The van der Waals surface area contributed by atoms with Crippen LogP contribution in [-0.2, 0) is 11.0 Å². The molecule has 6 rings (SSSR count). The smallest absolute Gasteiger partial charge is 0.436 e. The first-order valence-electron chi connectivity index (χ1n) is 15.4. The molecular weight excluding hydrogens is 683 g/mol. The Morgan fingerprint density at radius 3 is 2.55 bits per heavy atom. The molecule has 1 aliphatic heterocycles. The number of carbonyl (C=O) groups excluding carboxylic acids is 1. The summed E-state index contributed by atoms with van der Waals surface area (Å²) in [5, 5.41) is 21.0. The summed E-state index contributed by atoms with van der Waals surface area (Å²) in [4.78, 5) is 47.2. The maximum atomic E-state index is 13.8. The van der Waals surface area contributed by atoms with Crippen LogP contribution in [0.15, 0.2) is 78.1 Å². The molecule has 0 saturated carbocycles. The van der Waals surface area contributed by atoms with Crippen molar-refractivity contribution in [3.63, 3.8) is 0 Å². The van der Waals surface area contributed by atoms with Gasteiger partial charge in [-0.3, -0.25) is 24.5 Å². The Balaban J connectivity index is 1.43. The number of pyridine rings is 1. The van der Waals surface area contributed by atoms with Gasteiger partial charge < -0.3 is 15.2 Å². The molecule has 2 aromatic carbocycles. The van der Waals surface area contributed by atoms with E-state index in [1.807, 2.05) is 0 Å². The Labute approximate surface area is 284 Å². The first-order chi connectivity index (χ1) is 24.3. The molecule has 2 amide bonds. The fourth-order valence-electron chi connectivity index (χ4n) is 5.73. The normalized spacial score (nSPS) is 16.4. The third-order valence-electron chi connectivity index (χ3n) is 8.20. The highest BCUT2D eigenvalue weighted by molar-refractivity contribution is 5.98. The molecule has 13 nitrogen and oxygen atoms in total. The van der Waals surface area contributed by atoms with Crippen molar-refractivity contribution in [2.45, 2.75) is 45.0 Å². The maximum Gasteiger partial charge on any atom is 0.436 e. The molecule has 0 unspecified atom stereocenters. The molecule has 0 saturated heterocycles. The van der Waals surface area contributed by atoms with Crippen LogP contribution < -0.4 is 20.9 Å². The lowest BCUT2D eigenvalue weighted by molar-refractivity contribution is -0.141. The highest BCUT2D eigenvalue weighted by Gasteiger charge is 2.35. The number of anilines is 2. The number of nitrogens with zero attached hydrogens (tertiary/aromatic N) is 6. The number of ether oxygens (including phenoxy) is 1. The van der Waals surface area contributed by atoms with Gasteiger partial charge in [-0.2, -0.15) is 22.0 Å². The van der Waals surface area contributed by atoms with Crippen LogP contribution in [-0.4, -0.2) is 53.2 Å². The highest BCUT2D eigenvalue weighted by atomic mass is 19.4. The lowest BCUT2D eigenvalue weighted by atomic mass is 9.95. The zero-order valence-electron chi connectivity index (χ0n) is 26.4. The van der Waals surface area contributed by atoms with Crippen LogP contribution in [0.2, 0.25) is 0 Å². The highest BCUT2D eigenvalue weighted by Crippen LogP contribution is 2.36. The topological polar surface area (TPSA) is 166 Å². The third-order valence-corrected chi connectivity index (χ3v) is 8.20. The van der Waals surface area contributed by atoms with Gasteiger partial charge in [-0.1, -0.05) is 24.6 Å². The van der Waals surface area contributed by atoms with Crippen LogP contribution in [0.5, 0.6) is 5.75 Å². The standard InChI is InChI=1S/C33H27F5N8O5/c1-17-3-2-4-27(25-11-18(9-10-39-25)21-7-5-19(41-32(49)50)12-24(21)42-30(17)48)45-16-40-23(14-29(45)47)22-13-20(51-31(34)35)6-8-26(22)46-15-28(43-44-46)33(36,37)38/h5-17,27,31,41H,2-4H2,1H3,(H,42,48)(H,49,50)/t17-,27+/m1/s1. The zero-order chi connectivity index (χ0) is 36.4. The Morgan fingerprint density at radius 2 is 1.84 bits per heavy atom. The Hall–Kier alpha value is -6.20. The molecule has 51 heavy (non-hydrogen) atoms. The summed E-state index contributed by atoms with van der Waals surface area (Å²) in [7, 11) is 0. The van der Waals surface area contributed by atoms with E-state index in [4.69, 9.17) is 0 Å². The monoisotopic (exact) mass is 710 g/mol. The van der Waals surface area contributed by atoms with E-state index in [0.717, 1.165) is 22.9 Å². The minimum Gasteiger partial charge on any atom is -0.465 e. The number of rotatable bonds is 6. The molecule has 2 bridgehead atoms. The van der Waals surface area contributed by atoms with Gasteiger partial charge in [-0.15, -0.1) is 5.10 Å². The van der Waals surface area contributed by atoms with Gasteiger partial charge in [0.15, 0.2) is 5.69 Å². The number of benzene rings is 2. The molecule has 2 atom stereocenters. The summed E-state index contributed by atoms with van der Waals surface area (Å²) in [5.41, 5.74) is 0.196. The number of fused-ring (bicyclic) bond motifs is 4. The van der Waals surface area contributed by atoms with Crippen LogP contribution in [0.4, 0.5) is 38.1 Å². The number of nitrogens with one attached hydrogen (secondary N) is 2. The quantitative estimate of drug-likeness (QED) is 0.164. The average Bonchev–Trinajstić information content (AvgIpc) is 3.57. The lowest BCUT2D eigenvalue weighted by Gasteiger charge is -2.23. The Kier molecular flexibility index (Phi) is 9.49. The average molecular weight is 711 g/mol. The number of carbonyl (C=O) groups is 2. The van der Waals surface area contributed by atoms with Gasteiger partial charge in [0.05, 0.1) is 41.3 Å². The van der Waals surface area contributed by atoms with Crippen LogP contribution >= 0.6 is 0 Å². The summed E-state index contributed by atoms with van der Waals surface area (Å²) in [6.45, 7) is -1.47. The molecule has 264 valence electrons. The molecule has 3 aromatic heterocycles. The maximum absolute atomic E-state index is 13.8. The van der Waals surface area contributed by atoms with Crippen molar-refractivity contribution in [1.29, 1.82) is 0 Å². The lowest BCUT2D eigenvalue weighted by Crippen LogP contribution is -2.27. The molecule has 0 fully saturated rings. The van der Waals surface area contributed by atoms with Crippen molar-refractivity contribution in [3.8, 4) is 33.8 Å². The fourth-order valence-corrected chi connectivity index (χ4v) is 5.73. The van der Waals surface area contributed by atoms with E-state index < -0.39 is 42.1 Å². The predicted molar refractivity (Wildman–Crippen MR) is 172 cm³/mol.